The third-order valence-corrected chi connectivity index (χ3v) is 7.50. The molecule has 0 aromatic heterocycles. The molecule has 0 spiro atoms. The van der Waals surface area contributed by atoms with E-state index in [0.29, 0.717) is 0 Å². The highest BCUT2D eigenvalue weighted by molar-refractivity contribution is 9.37. The maximum Gasteiger partial charge on any atom is 0.0913 e. The van der Waals surface area contributed by atoms with Gasteiger partial charge in [0, 0.05) is 29.5 Å². The number of rotatable bonds is 0. The van der Waals surface area contributed by atoms with Gasteiger partial charge in [-0.2, -0.15) is 0 Å². The van der Waals surface area contributed by atoms with Gasteiger partial charge in [-0.25, -0.2) is 3.63 Å². The molecular weight excluding hydrogens is 176 g/mol. The Kier molecular flexibility index (Phi) is 3.58. The van der Waals surface area contributed by atoms with Crippen LogP contribution in [-0.2, 0) is 3.63 Å². The van der Waals surface area contributed by atoms with Crippen LogP contribution in [0.4, 0.5) is 0 Å². The van der Waals surface area contributed by atoms with Gasteiger partial charge in [-0.3, -0.25) is 0 Å². The van der Waals surface area contributed by atoms with Crippen LogP contribution in [-0.4, -0.2) is 0 Å². The highest BCUT2D eigenvalue weighted by Gasteiger charge is 2.01. The predicted octanol–water partition coefficient (Wildman–Crippen LogP) is 3.17. The quantitative estimate of drug-likeness (QED) is 0.411. The van der Waals surface area contributed by atoms with Crippen molar-refractivity contribution in [1.29, 1.82) is 0 Å². The summed E-state index contributed by atoms with van der Waals surface area (Å²) in [4.78, 5) is 0. The first kappa shape index (κ1) is 5.84. The van der Waals surface area contributed by atoms with E-state index in [0.717, 1.165) is 0 Å². The van der Waals surface area contributed by atoms with E-state index in [4.69, 9.17) is 3.63 Å². The van der Waals surface area contributed by atoms with Crippen molar-refractivity contribution in [3.8, 4) is 0 Å². The van der Waals surface area contributed by atoms with E-state index in [1.165, 1.54) is 22.1 Å². The van der Waals surface area contributed by atoms with Crippen molar-refractivity contribution in [1.82, 2.24) is 0 Å². The van der Waals surface area contributed by atoms with Gasteiger partial charge in [0.1, 0.15) is 0 Å². The molecule has 1 aliphatic heterocycles. The molecule has 0 unspecified atom stereocenters. The Balaban J connectivity index is 2.00. The molecule has 0 saturated carbocycles. The molecule has 0 N–H and O–H groups in total. The van der Waals surface area contributed by atoms with Crippen LogP contribution in [0.25, 0.3) is 0 Å². The third-order valence-electron chi connectivity index (χ3n) is 0.167. The fourth-order valence-electron chi connectivity index (χ4n) is 0.0680. The van der Waals surface area contributed by atoms with Crippen molar-refractivity contribution in [2.24, 2.45) is 0 Å². The lowest BCUT2D eigenvalue weighted by molar-refractivity contribution is 0.784. The lowest BCUT2D eigenvalue weighted by atomic mass is 15.9. The molecule has 0 aromatic carbocycles. The van der Waals surface area contributed by atoms with Gasteiger partial charge in [-0.15, -0.1) is 0 Å². The van der Waals surface area contributed by atoms with Crippen LogP contribution in [0.3, 0.4) is 0 Å². The molecule has 1 saturated heterocycles. The van der Waals surface area contributed by atoms with Crippen molar-refractivity contribution < 1.29 is 3.63 Å². The van der Waals surface area contributed by atoms with Gasteiger partial charge in [0.15, 0.2) is 0 Å². The molecule has 1 fully saturated rings. The van der Waals surface area contributed by atoms with E-state index < -0.39 is 0 Å². The molecule has 0 bridgehead atoms. The van der Waals surface area contributed by atoms with Gasteiger partial charge in [-0.05, 0) is 0 Å². The molecule has 0 amide bonds. The van der Waals surface area contributed by atoms with E-state index in [2.05, 4.69) is 0 Å². The van der Waals surface area contributed by atoms with Crippen LogP contribution in [0.15, 0.2) is 0 Å². The summed E-state index contributed by atoms with van der Waals surface area (Å²) >= 11 is 2.83. The minimum Gasteiger partial charge on any atom is -0.223 e. The summed E-state index contributed by atoms with van der Waals surface area (Å²) in [6, 6.07) is 0. The summed E-state index contributed by atoms with van der Waals surface area (Å²) in [5, 5.41) is 0. The molecule has 0 radical (unpaired) electrons. The summed E-state index contributed by atoms with van der Waals surface area (Å²) < 4.78 is 4.81. The Hall–Kier alpha value is 1.71. The van der Waals surface area contributed by atoms with Crippen molar-refractivity contribution >= 4 is 51.6 Å². The lowest BCUT2D eigenvalue weighted by Gasteiger charge is -2.00. The average Bonchev–Trinajstić information content (AvgIpc) is 1.72. The van der Waals surface area contributed by atoms with Gasteiger partial charge in [0.05, 0.1) is 22.1 Å². The molecule has 1 rings (SSSR count). The fraction of sp³-hybridized carbons (Fsp3) is 0. The Labute approximate surface area is 55.1 Å². The summed E-state index contributed by atoms with van der Waals surface area (Å²) in [6.07, 6.45) is 0. The average molecular weight is 176 g/mol. The maximum atomic E-state index is 4.81. The zero-order chi connectivity index (χ0) is 4.24. The van der Waals surface area contributed by atoms with E-state index in [1.54, 1.807) is 29.5 Å². The van der Waals surface area contributed by atoms with Crippen LogP contribution in [0.1, 0.15) is 0 Å². The highest BCUT2D eigenvalue weighted by Crippen LogP contribution is 2.56. The number of hydrogen-bond acceptors (Lipinski definition) is 6. The van der Waals surface area contributed by atoms with Crippen LogP contribution in [0.2, 0.25) is 0 Å². The lowest BCUT2D eigenvalue weighted by Crippen LogP contribution is -1.52. The SMILES string of the molecule is O1SSSSS1. The van der Waals surface area contributed by atoms with Crippen LogP contribution in [0, 0.1) is 0 Å². The Morgan fingerprint density at radius 2 is 1.50 bits per heavy atom. The van der Waals surface area contributed by atoms with Crippen LogP contribution < -0.4 is 0 Å². The second kappa shape index (κ2) is 3.68. The monoisotopic (exact) mass is 176 g/mol. The van der Waals surface area contributed by atoms with Crippen molar-refractivity contribution in [2.45, 2.75) is 0 Å². The minimum absolute atomic E-state index is 1.42. The van der Waals surface area contributed by atoms with E-state index in [1.807, 2.05) is 0 Å². The molecule has 36 valence electrons. The molecule has 1 aliphatic rings. The molecule has 1 heterocycles. The van der Waals surface area contributed by atoms with Gasteiger partial charge in [-0.1, -0.05) is 0 Å². The Morgan fingerprint density at radius 3 is 1.67 bits per heavy atom. The van der Waals surface area contributed by atoms with Crippen molar-refractivity contribution in [3.05, 3.63) is 0 Å². The van der Waals surface area contributed by atoms with Gasteiger partial charge in [0.2, 0.25) is 0 Å². The molecule has 0 aromatic rings. The summed E-state index contributed by atoms with van der Waals surface area (Å²) in [7, 11) is 5.03. The van der Waals surface area contributed by atoms with E-state index >= 15 is 0 Å². The van der Waals surface area contributed by atoms with Gasteiger partial charge in [0.25, 0.3) is 0 Å². The maximum absolute atomic E-state index is 4.81. The molecule has 0 atom stereocenters. The molecular formula is OS5. The predicted molar refractivity (Wildman–Crippen MR) is 39.0 cm³/mol. The molecule has 6 heavy (non-hydrogen) atoms. The first-order valence-electron chi connectivity index (χ1n) is 1.00. The summed E-state index contributed by atoms with van der Waals surface area (Å²) in [5.74, 6) is 0. The first-order valence-corrected chi connectivity index (χ1v) is 7.00. The minimum atomic E-state index is 1.42. The second-order valence-corrected chi connectivity index (χ2v) is 7.35. The second-order valence-electron chi connectivity index (χ2n) is 0.408. The standard InChI is InChI=1S/OS5/c1-2-4-6-5-3-1. The Bertz CT molecular complexity index is 19.4. The molecule has 6 heteroatoms. The van der Waals surface area contributed by atoms with E-state index in [9.17, 15) is 0 Å². The molecule has 0 aliphatic carbocycles. The first-order chi connectivity index (χ1) is 3.00. The smallest absolute Gasteiger partial charge is 0.0913 e. The normalized spacial score (nSPS) is 24.0. The van der Waals surface area contributed by atoms with Crippen molar-refractivity contribution in [3.63, 3.8) is 0 Å². The zero-order valence-electron chi connectivity index (χ0n) is 2.45. The zero-order valence-corrected chi connectivity index (χ0v) is 6.53. The van der Waals surface area contributed by atoms with Gasteiger partial charge < -0.3 is 0 Å². The van der Waals surface area contributed by atoms with Crippen LogP contribution in [0.5, 0.6) is 0 Å². The summed E-state index contributed by atoms with van der Waals surface area (Å²) in [6.45, 7) is 0. The molecule has 1 nitrogen and oxygen atoms in total. The third kappa shape index (κ3) is 2.13. The largest absolute Gasteiger partial charge is 0.223 e. The number of hydrogen-bond donors (Lipinski definition) is 0. The highest BCUT2D eigenvalue weighted by atomic mass is 33.8. The fourth-order valence-corrected chi connectivity index (χ4v) is 7.35. The topological polar surface area (TPSA) is 9.23 Å². The van der Waals surface area contributed by atoms with Crippen molar-refractivity contribution in [2.75, 3.05) is 0 Å². The van der Waals surface area contributed by atoms with Crippen LogP contribution >= 0.6 is 51.6 Å². The van der Waals surface area contributed by atoms with E-state index in [-0.39, 0.29) is 0 Å². The summed E-state index contributed by atoms with van der Waals surface area (Å²) in [5.41, 5.74) is 0. The van der Waals surface area contributed by atoms with Gasteiger partial charge >= 0.3 is 0 Å². The Morgan fingerprint density at radius 1 is 0.833 bits per heavy atom.